The third kappa shape index (κ3) is 3.54. The summed E-state index contributed by atoms with van der Waals surface area (Å²) in [5.41, 5.74) is 0.461. The number of amides is 1. The number of hydrogen-bond acceptors (Lipinski definition) is 3. The van der Waals surface area contributed by atoms with Crippen molar-refractivity contribution in [1.82, 2.24) is 9.88 Å². The molecule has 2 aromatic rings. The molecule has 1 aromatic heterocycles. The van der Waals surface area contributed by atoms with Crippen LogP contribution in [-0.2, 0) is 0 Å². The number of pyridine rings is 1. The molecule has 4 nitrogen and oxygen atoms in total. The van der Waals surface area contributed by atoms with E-state index in [1.54, 1.807) is 32.3 Å². The Morgan fingerprint density at radius 1 is 1.30 bits per heavy atom. The van der Waals surface area contributed by atoms with Gasteiger partial charge in [0.15, 0.2) is 0 Å². The highest BCUT2D eigenvalue weighted by atomic mass is 79.9. The number of benzene rings is 1. The monoisotopic (exact) mass is 338 g/mol. The zero-order valence-corrected chi connectivity index (χ0v) is 12.5. The van der Waals surface area contributed by atoms with Crippen molar-refractivity contribution in [2.75, 3.05) is 14.1 Å². The van der Waals surface area contributed by atoms with Crippen molar-refractivity contribution in [1.29, 1.82) is 0 Å². The highest BCUT2D eigenvalue weighted by molar-refractivity contribution is 9.10. The average Bonchev–Trinajstić information content (AvgIpc) is 2.37. The molecule has 0 aliphatic heterocycles. The minimum Gasteiger partial charge on any atom is -0.439 e. The van der Waals surface area contributed by atoms with E-state index in [0.717, 1.165) is 0 Å². The van der Waals surface area contributed by atoms with Gasteiger partial charge in [0.25, 0.3) is 5.91 Å². The Labute approximate surface area is 124 Å². The Hall–Kier alpha value is -1.95. The molecule has 0 fully saturated rings. The van der Waals surface area contributed by atoms with Crippen LogP contribution in [0.2, 0.25) is 0 Å². The quantitative estimate of drug-likeness (QED) is 0.860. The molecule has 0 bridgehead atoms. The topological polar surface area (TPSA) is 42.4 Å². The van der Waals surface area contributed by atoms with Gasteiger partial charge in [-0.1, -0.05) is 15.9 Å². The molecule has 0 unspecified atom stereocenters. The van der Waals surface area contributed by atoms with E-state index < -0.39 is 5.82 Å². The summed E-state index contributed by atoms with van der Waals surface area (Å²) in [6.45, 7) is 0. The molecular formula is C14H12BrFN2O2. The number of halogens is 2. The zero-order chi connectivity index (χ0) is 14.7. The molecule has 0 saturated heterocycles. The number of nitrogens with zero attached hydrogens (tertiary/aromatic N) is 2. The number of ether oxygens (including phenoxy) is 1. The van der Waals surface area contributed by atoms with Gasteiger partial charge < -0.3 is 9.64 Å². The number of carbonyl (C=O) groups excluding carboxylic acids is 1. The van der Waals surface area contributed by atoms with E-state index in [1.165, 1.54) is 23.2 Å². The lowest BCUT2D eigenvalue weighted by Gasteiger charge is -2.10. The van der Waals surface area contributed by atoms with E-state index in [2.05, 4.69) is 20.9 Å². The number of hydrogen-bond donors (Lipinski definition) is 0. The SMILES string of the molecule is CN(C)C(=O)c1ccc(Oc2cc(F)cc(Br)c2)nc1. The third-order valence-corrected chi connectivity index (χ3v) is 2.91. The van der Waals surface area contributed by atoms with Crippen molar-refractivity contribution < 1.29 is 13.9 Å². The van der Waals surface area contributed by atoms with Gasteiger partial charge in [0, 0.05) is 36.9 Å². The first-order valence-corrected chi connectivity index (χ1v) is 6.56. The van der Waals surface area contributed by atoms with Crippen molar-refractivity contribution in [3.05, 3.63) is 52.4 Å². The summed E-state index contributed by atoms with van der Waals surface area (Å²) < 4.78 is 19.2. The summed E-state index contributed by atoms with van der Waals surface area (Å²) in [7, 11) is 3.33. The third-order valence-electron chi connectivity index (χ3n) is 2.45. The Bertz CT molecular complexity index is 609. The maximum Gasteiger partial charge on any atom is 0.254 e. The largest absolute Gasteiger partial charge is 0.439 e. The van der Waals surface area contributed by atoms with Crippen LogP contribution in [0.4, 0.5) is 4.39 Å². The van der Waals surface area contributed by atoms with Crippen LogP contribution in [0.5, 0.6) is 11.6 Å². The predicted molar refractivity (Wildman–Crippen MR) is 76.4 cm³/mol. The highest BCUT2D eigenvalue weighted by Crippen LogP contribution is 2.24. The molecule has 0 radical (unpaired) electrons. The average molecular weight is 339 g/mol. The lowest BCUT2D eigenvalue weighted by molar-refractivity contribution is 0.0827. The predicted octanol–water partition coefficient (Wildman–Crippen LogP) is 3.48. The van der Waals surface area contributed by atoms with Crippen LogP contribution in [0.1, 0.15) is 10.4 Å². The van der Waals surface area contributed by atoms with Crippen molar-refractivity contribution in [3.8, 4) is 11.6 Å². The summed E-state index contributed by atoms with van der Waals surface area (Å²) >= 11 is 3.18. The fourth-order valence-corrected chi connectivity index (χ4v) is 1.98. The first-order chi connectivity index (χ1) is 9.45. The second-order valence-electron chi connectivity index (χ2n) is 4.29. The van der Waals surface area contributed by atoms with Gasteiger partial charge in [0.05, 0.1) is 5.56 Å². The van der Waals surface area contributed by atoms with E-state index in [-0.39, 0.29) is 11.8 Å². The zero-order valence-electron chi connectivity index (χ0n) is 10.9. The number of aromatic nitrogens is 1. The first-order valence-electron chi connectivity index (χ1n) is 5.77. The summed E-state index contributed by atoms with van der Waals surface area (Å²) in [6.07, 6.45) is 1.42. The maximum absolute atomic E-state index is 13.2. The van der Waals surface area contributed by atoms with Crippen LogP contribution >= 0.6 is 15.9 Å². The Balaban J connectivity index is 2.16. The van der Waals surface area contributed by atoms with Gasteiger partial charge in [-0.25, -0.2) is 9.37 Å². The molecule has 0 aliphatic rings. The molecule has 1 amide bonds. The van der Waals surface area contributed by atoms with Crippen LogP contribution in [0.25, 0.3) is 0 Å². The van der Waals surface area contributed by atoms with Crippen LogP contribution in [0, 0.1) is 5.82 Å². The van der Waals surface area contributed by atoms with Gasteiger partial charge in [-0.05, 0) is 18.2 Å². The summed E-state index contributed by atoms with van der Waals surface area (Å²) in [6, 6.07) is 7.39. The lowest BCUT2D eigenvalue weighted by Crippen LogP contribution is -2.21. The molecule has 0 N–H and O–H groups in total. The molecule has 104 valence electrons. The van der Waals surface area contributed by atoms with Gasteiger partial charge in [0.1, 0.15) is 11.6 Å². The molecule has 6 heteroatoms. The maximum atomic E-state index is 13.2. The molecular weight excluding hydrogens is 327 g/mol. The van der Waals surface area contributed by atoms with Gasteiger partial charge in [-0.2, -0.15) is 0 Å². The van der Waals surface area contributed by atoms with Gasteiger partial charge in [0.2, 0.25) is 5.88 Å². The Morgan fingerprint density at radius 3 is 2.60 bits per heavy atom. The summed E-state index contributed by atoms with van der Waals surface area (Å²) in [5.74, 6) is 0.0696. The molecule has 1 heterocycles. The molecule has 0 aliphatic carbocycles. The second-order valence-corrected chi connectivity index (χ2v) is 5.21. The minimum absolute atomic E-state index is 0.141. The van der Waals surface area contributed by atoms with Crippen LogP contribution < -0.4 is 4.74 Å². The van der Waals surface area contributed by atoms with Crippen LogP contribution in [0.3, 0.4) is 0 Å². The van der Waals surface area contributed by atoms with Crippen molar-refractivity contribution in [2.45, 2.75) is 0 Å². The van der Waals surface area contributed by atoms with Crippen LogP contribution in [0.15, 0.2) is 41.0 Å². The molecule has 0 saturated carbocycles. The normalized spacial score (nSPS) is 10.2. The minimum atomic E-state index is -0.409. The summed E-state index contributed by atoms with van der Waals surface area (Å²) in [5, 5.41) is 0. The van der Waals surface area contributed by atoms with E-state index >= 15 is 0 Å². The van der Waals surface area contributed by atoms with E-state index in [1.807, 2.05) is 0 Å². The van der Waals surface area contributed by atoms with Crippen molar-refractivity contribution in [2.24, 2.45) is 0 Å². The molecule has 0 spiro atoms. The molecule has 1 aromatic carbocycles. The Kier molecular flexibility index (Phi) is 4.34. The lowest BCUT2D eigenvalue weighted by atomic mass is 10.2. The molecule has 2 rings (SSSR count). The Morgan fingerprint density at radius 2 is 2.05 bits per heavy atom. The van der Waals surface area contributed by atoms with Gasteiger partial charge >= 0.3 is 0 Å². The number of rotatable bonds is 3. The van der Waals surface area contributed by atoms with Gasteiger partial charge in [-0.15, -0.1) is 0 Å². The van der Waals surface area contributed by atoms with Crippen molar-refractivity contribution >= 4 is 21.8 Å². The van der Waals surface area contributed by atoms with Crippen molar-refractivity contribution in [3.63, 3.8) is 0 Å². The van der Waals surface area contributed by atoms with E-state index in [4.69, 9.17) is 4.74 Å². The van der Waals surface area contributed by atoms with Crippen LogP contribution in [-0.4, -0.2) is 29.9 Å². The highest BCUT2D eigenvalue weighted by Gasteiger charge is 2.09. The number of carbonyl (C=O) groups is 1. The fraction of sp³-hybridized carbons (Fsp3) is 0.143. The van der Waals surface area contributed by atoms with Gasteiger partial charge in [-0.3, -0.25) is 4.79 Å². The van der Waals surface area contributed by atoms with E-state index in [0.29, 0.717) is 15.8 Å². The molecule has 20 heavy (non-hydrogen) atoms. The summed E-state index contributed by atoms with van der Waals surface area (Å²) in [4.78, 5) is 17.2. The fourth-order valence-electron chi connectivity index (χ4n) is 1.53. The van der Waals surface area contributed by atoms with E-state index in [9.17, 15) is 9.18 Å². The first kappa shape index (κ1) is 14.5. The smallest absolute Gasteiger partial charge is 0.254 e. The second kappa shape index (κ2) is 6.00. The standard InChI is InChI=1S/C14H12BrFN2O2/c1-18(2)14(19)9-3-4-13(17-8-9)20-12-6-10(15)5-11(16)7-12/h3-8H,1-2H3. The molecule has 0 atom stereocenters.